The van der Waals surface area contributed by atoms with Crippen molar-refractivity contribution in [3.05, 3.63) is 101 Å². The molecule has 208 valence electrons. The number of fused-ring (bicyclic) bond motifs is 1. The summed E-state index contributed by atoms with van der Waals surface area (Å²) in [5.74, 6) is 0.274. The van der Waals surface area contributed by atoms with Crippen LogP contribution in [-0.2, 0) is 9.59 Å². The first-order valence-corrected chi connectivity index (χ1v) is 14.9. The second kappa shape index (κ2) is 12.5. The fourth-order valence-electron chi connectivity index (χ4n) is 6.24. The van der Waals surface area contributed by atoms with E-state index in [1.165, 1.54) is 5.56 Å². The minimum atomic E-state index is -0.477. The second-order valence-corrected chi connectivity index (χ2v) is 10.9. The summed E-state index contributed by atoms with van der Waals surface area (Å²) in [6.45, 7) is 8.31. The Hall–Kier alpha value is -3.86. The van der Waals surface area contributed by atoms with Gasteiger partial charge in [-0.25, -0.2) is 0 Å². The van der Waals surface area contributed by atoms with Gasteiger partial charge in [-0.15, -0.1) is 0 Å². The molecule has 0 fully saturated rings. The molecule has 0 aromatic heterocycles. The van der Waals surface area contributed by atoms with E-state index < -0.39 is 6.04 Å². The minimum Gasteiger partial charge on any atom is -0.372 e. The van der Waals surface area contributed by atoms with Gasteiger partial charge in [0.1, 0.15) is 0 Å². The topological polar surface area (TPSA) is 52.7 Å². The number of Topliss-reactive ketones (excluding diaryl/α,β-unsaturated/α-hetero) is 1. The monoisotopic (exact) mass is 535 g/mol. The maximum Gasteiger partial charge on any atom is 0.227 e. The Morgan fingerprint density at radius 2 is 1.55 bits per heavy atom. The first-order valence-electron chi connectivity index (χ1n) is 14.9. The van der Waals surface area contributed by atoms with Crippen LogP contribution in [0, 0.1) is 0 Å². The highest BCUT2D eigenvalue weighted by Gasteiger charge is 2.41. The van der Waals surface area contributed by atoms with Crippen LogP contribution in [0.15, 0.2) is 90.1 Å². The van der Waals surface area contributed by atoms with Gasteiger partial charge in [-0.2, -0.15) is 0 Å². The largest absolute Gasteiger partial charge is 0.372 e. The van der Waals surface area contributed by atoms with E-state index >= 15 is 0 Å². The Kier molecular flexibility index (Phi) is 8.69. The summed E-state index contributed by atoms with van der Waals surface area (Å²) >= 11 is 0. The Morgan fingerprint density at radius 1 is 0.850 bits per heavy atom. The van der Waals surface area contributed by atoms with Crippen LogP contribution in [0.1, 0.15) is 82.4 Å². The highest BCUT2D eigenvalue weighted by Crippen LogP contribution is 2.47. The van der Waals surface area contributed by atoms with Crippen molar-refractivity contribution in [1.29, 1.82) is 0 Å². The van der Waals surface area contributed by atoms with Crippen molar-refractivity contribution in [2.45, 2.75) is 71.3 Å². The summed E-state index contributed by atoms with van der Waals surface area (Å²) < 4.78 is 0. The molecule has 1 N–H and O–H groups in total. The maximum absolute atomic E-state index is 14.2. The number of nitrogens with zero attached hydrogens (tertiary/aromatic N) is 2. The number of benzene rings is 3. The molecule has 40 heavy (non-hydrogen) atoms. The lowest BCUT2D eigenvalue weighted by molar-refractivity contribution is -0.119. The van der Waals surface area contributed by atoms with Gasteiger partial charge in [0.15, 0.2) is 5.78 Å². The predicted molar refractivity (Wildman–Crippen MR) is 165 cm³/mol. The second-order valence-electron chi connectivity index (χ2n) is 10.9. The lowest BCUT2D eigenvalue weighted by atomic mass is 9.78. The highest BCUT2D eigenvalue weighted by molar-refractivity contribution is 6.06. The number of nitrogens with one attached hydrogen (secondary N) is 1. The number of anilines is 3. The Balaban J connectivity index is 1.65. The van der Waals surface area contributed by atoms with Gasteiger partial charge in [0.25, 0.3) is 0 Å². The van der Waals surface area contributed by atoms with Crippen molar-refractivity contribution < 1.29 is 9.59 Å². The predicted octanol–water partition coefficient (Wildman–Crippen LogP) is 8.01. The van der Waals surface area contributed by atoms with E-state index in [-0.39, 0.29) is 17.6 Å². The number of para-hydroxylation sites is 2. The summed E-state index contributed by atoms with van der Waals surface area (Å²) in [6.07, 6.45) is 4.52. The Bertz CT molecular complexity index is 1360. The molecule has 0 saturated heterocycles. The number of unbranched alkanes of at least 4 members (excludes halogenated alkanes) is 2. The summed E-state index contributed by atoms with van der Waals surface area (Å²) in [6, 6.07) is 26.3. The van der Waals surface area contributed by atoms with Crippen molar-refractivity contribution >= 4 is 28.8 Å². The molecule has 1 heterocycles. The van der Waals surface area contributed by atoms with E-state index in [1.54, 1.807) is 0 Å². The van der Waals surface area contributed by atoms with E-state index in [1.807, 2.05) is 47.4 Å². The summed E-state index contributed by atoms with van der Waals surface area (Å²) in [4.78, 5) is 32.4. The molecule has 3 aromatic rings. The molecule has 0 saturated carbocycles. The third-order valence-electron chi connectivity index (χ3n) is 8.36. The number of carbonyl (C=O) groups excluding carboxylic acids is 2. The highest BCUT2D eigenvalue weighted by atomic mass is 16.2. The maximum atomic E-state index is 14.2. The van der Waals surface area contributed by atoms with E-state index in [2.05, 4.69) is 67.4 Å². The number of amides is 1. The van der Waals surface area contributed by atoms with Crippen LogP contribution in [-0.4, -0.2) is 24.8 Å². The number of allylic oxidation sites excluding steroid dienone is 1. The molecule has 5 rings (SSSR count). The number of hydrogen-bond acceptors (Lipinski definition) is 4. The van der Waals surface area contributed by atoms with Crippen molar-refractivity contribution in [3.63, 3.8) is 0 Å². The molecule has 0 bridgehead atoms. The SMILES string of the molecule is CCCCCC(=O)N1c2ccccc2NC2=C(C(=O)C[C@H](c3ccccc3)C2)[C@H]1c1ccc(N(CC)CC)cc1. The van der Waals surface area contributed by atoms with Crippen LogP contribution in [0.5, 0.6) is 0 Å². The Labute approximate surface area is 238 Å². The van der Waals surface area contributed by atoms with E-state index in [9.17, 15) is 9.59 Å². The zero-order chi connectivity index (χ0) is 28.1. The van der Waals surface area contributed by atoms with Gasteiger partial charge in [0, 0.05) is 42.9 Å². The molecule has 1 amide bonds. The van der Waals surface area contributed by atoms with Gasteiger partial charge in [-0.1, -0.05) is 74.4 Å². The van der Waals surface area contributed by atoms with Crippen molar-refractivity contribution in [3.8, 4) is 0 Å². The van der Waals surface area contributed by atoms with Gasteiger partial charge in [0.2, 0.25) is 5.91 Å². The average Bonchev–Trinajstić information content (AvgIpc) is 3.13. The molecule has 1 aliphatic carbocycles. The quantitative estimate of drug-likeness (QED) is 0.282. The van der Waals surface area contributed by atoms with E-state index in [0.717, 1.165) is 72.7 Å². The van der Waals surface area contributed by atoms with Gasteiger partial charge in [-0.05, 0) is 68.0 Å². The number of hydrogen-bond donors (Lipinski definition) is 1. The standard InChI is InChI=1S/C35H41N3O2/c1-4-7-9-18-33(40)38-31-17-13-12-16-29(31)36-30-23-27(25-14-10-8-11-15-25)24-32(39)34(30)35(38)26-19-21-28(22-20-26)37(5-2)6-3/h8,10-17,19-22,27,35-36H,4-7,9,18,23-24H2,1-3H3/t27-,35-/m1/s1. The fourth-order valence-corrected chi connectivity index (χ4v) is 6.24. The fraction of sp³-hybridized carbons (Fsp3) is 0.371. The Morgan fingerprint density at radius 3 is 2.25 bits per heavy atom. The normalized spacial score (nSPS) is 18.5. The average molecular weight is 536 g/mol. The lowest BCUT2D eigenvalue weighted by Gasteiger charge is -2.35. The van der Waals surface area contributed by atoms with Crippen molar-refractivity contribution in [1.82, 2.24) is 0 Å². The summed E-state index contributed by atoms with van der Waals surface area (Å²) in [7, 11) is 0. The molecule has 5 heteroatoms. The van der Waals surface area contributed by atoms with Gasteiger partial charge >= 0.3 is 0 Å². The summed E-state index contributed by atoms with van der Waals surface area (Å²) in [5.41, 5.74) is 6.66. The number of carbonyl (C=O) groups is 2. The first kappa shape index (κ1) is 27.7. The number of rotatable bonds is 9. The van der Waals surface area contributed by atoms with Crippen LogP contribution < -0.4 is 15.1 Å². The smallest absolute Gasteiger partial charge is 0.227 e. The third kappa shape index (κ3) is 5.56. The van der Waals surface area contributed by atoms with Crippen molar-refractivity contribution in [2.75, 3.05) is 28.2 Å². The number of ketones is 1. The molecular weight excluding hydrogens is 494 g/mol. The van der Waals surface area contributed by atoms with Gasteiger partial charge in [0.05, 0.1) is 17.4 Å². The first-order chi connectivity index (χ1) is 19.5. The molecule has 2 aliphatic rings. The molecule has 0 spiro atoms. The molecule has 2 atom stereocenters. The van der Waals surface area contributed by atoms with Crippen LogP contribution in [0.3, 0.4) is 0 Å². The third-order valence-corrected chi connectivity index (χ3v) is 8.36. The van der Waals surface area contributed by atoms with Crippen LogP contribution >= 0.6 is 0 Å². The molecule has 3 aromatic carbocycles. The van der Waals surface area contributed by atoms with Crippen molar-refractivity contribution in [2.24, 2.45) is 0 Å². The van der Waals surface area contributed by atoms with E-state index in [4.69, 9.17) is 0 Å². The zero-order valence-electron chi connectivity index (χ0n) is 24.0. The molecule has 0 radical (unpaired) electrons. The van der Waals surface area contributed by atoms with Gasteiger partial charge in [-0.3, -0.25) is 14.5 Å². The van der Waals surface area contributed by atoms with Crippen LogP contribution in [0.2, 0.25) is 0 Å². The minimum absolute atomic E-state index is 0.0623. The molecular formula is C35H41N3O2. The zero-order valence-corrected chi connectivity index (χ0v) is 24.0. The molecule has 5 nitrogen and oxygen atoms in total. The molecule has 0 unspecified atom stereocenters. The lowest BCUT2D eigenvalue weighted by Crippen LogP contribution is -2.38. The van der Waals surface area contributed by atoms with Crippen LogP contribution in [0.25, 0.3) is 0 Å². The van der Waals surface area contributed by atoms with Gasteiger partial charge < -0.3 is 10.2 Å². The molecule has 1 aliphatic heterocycles. The van der Waals surface area contributed by atoms with E-state index in [0.29, 0.717) is 12.8 Å². The summed E-state index contributed by atoms with van der Waals surface area (Å²) in [5, 5.41) is 3.65. The van der Waals surface area contributed by atoms with Crippen LogP contribution in [0.4, 0.5) is 17.1 Å².